The highest BCUT2D eigenvalue weighted by atomic mass is 31.1. The minimum atomic E-state index is -3.43. The molecule has 0 amide bonds. The van der Waals surface area contributed by atoms with Crippen molar-refractivity contribution in [2.45, 2.75) is 69.5 Å². The number of benzene rings is 3. The molecule has 5 atom stereocenters. The molecule has 0 radical (unpaired) electrons. The molecule has 6 rings (SSSR count). The molecule has 4 aromatic rings. The summed E-state index contributed by atoms with van der Waals surface area (Å²) in [6.45, 7) is 10.9. The van der Waals surface area contributed by atoms with Gasteiger partial charge >= 0.3 is 13.9 Å². The van der Waals surface area contributed by atoms with Crippen LogP contribution >= 0.6 is 8.25 Å². The van der Waals surface area contributed by atoms with E-state index < -0.39 is 55.4 Å². The van der Waals surface area contributed by atoms with Gasteiger partial charge in [-0.2, -0.15) is 0 Å². The fraction of sp³-hybridized carbons (Fsp3) is 0.463. The van der Waals surface area contributed by atoms with E-state index in [-0.39, 0.29) is 6.61 Å². The maximum atomic E-state index is 13.1. The third-order valence-corrected chi connectivity index (χ3v) is 10.8. The average Bonchev–Trinajstić information content (AvgIpc) is 3.55. The largest absolute Gasteiger partial charge is 0.566 e. The Balaban J connectivity index is 0.000000784. The molecule has 2 N–H and O–H groups in total. The second-order valence-electron chi connectivity index (χ2n) is 13.4. The van der Waals surface area contributed by atoms with E-state index in [1.807, 2.05) is 84.9 Å². The highest BCUT2D eigenvalue weighted by Crippen LogP contribution is 2.44. The van der Waals surface area contributed by atoms with E-state index in [2.05, 4.69) is 25.8 Å². The molecule has 0 spiro atoms. The van der Waals surface area contributed by atoms with E-state index >= 15 is 0 Å². The molecule has 3 heterocycles. The Morgan fingerprint density at radius 3 is 1.91 bits per heavy atom. The van der Waals surface area contributed by atoms with Gasteiger partial charge in [0.05, 0.1) is 46.6 Å². The first kappa shape index (κ1) is 43.1. The number of hydrogen-bond donors (Lipinski definition) is 2. The van der Waals surface area contributed by atoms with Crippen LogP contribution in [-0.4, -0.2) is 87.3 Å². The Labute approximate surface area is 328 Å². The van der Waals surface area contributed by atoms with Gasteiger partial charge in [0.1, 0.15) is 23.6 Å². The van der Waals surface area contributed by atoms with Crippen molar-refractivity contribution in [1.29, 1.82) is 0 Å². The number of ether oxygens (including phenoxy) is 6. The molecule has 2 fully saturated rings. The minimum Gasteiger partial charge on any atom is -0.566 e. The highest BCUT2D eigenvalue weighted by Gasteiger charge is 2.55. The lowest BCUT2D eigenvalue weighted by atomic mass is 9.80. The zero-order valence-electron chi connectivity index (χ0n) is 32.6. The van der Waals surface area contributed by atoms with Crippen molar-refractivity contribution in [1.82, 2.24) is 9.55 Å². The summed E-state index contributed by atoms with van der Waals surface area (Å²) in [5, 5.41) is 0. The molecule has 0 bridgehead atoms. The number of aromatic amines is 1. The highest BCUT2D eigenvalue weighted by molar-refractivity contribution is 7.30. The van der Waals surface area contributed by atoms with E-state index in [1.54, 1.807) is 12.0 Å². The van der Waals surface area contributed by atoms with Gasteiger partial charge in [-0.25, -0.2) is 4.79 Å². The van der Waals surface area contributed by atoms with Crippen LogP contribution in [0.1, 0.15) is 56.5 Å². The molecular formula is C41H53N3O11P+. The Morgan fingerprint density at radius 1 is 0.857 bits per heavy atom. The molecule has 14 nitrogen and oxygen atoms in total. The summed E-state index contributed by atoms with van der Waals surface area (Å²) in [6.07, 6.45) is -2.91. The fourth-order valence-corrected chi connectivity index (χ4v) is 7.68. The second-order valence-corrected chi connectivity index (χ2v) is 14.1. The Hall–Kier alpha value is -4.08. The molecule has 2 aliphatic heterocycles. The van der Waals surface area contributed by atoms with E-state index in [0.29, 0.717) is 31.8 Å². The van der Waals surface area contributed by atoms with Gasteiger partial charge in [-0.15, -0.1) is 4.52 Å². The topological polar surface area (TPSA) is 164 Å². The Kier molecular flexibility index (Phi) is 15.7. The first-order valence-corrected chi connectivity index (χ1v) is 20.0. The molecule has 15 heteroatoms. The molecule has 0 saturated carbocycles. The fourth-order valence-electron chi connectivity index (χ4n) is 7.23. The van der Waals surface area contributed by atoms with Gasteiger partial charge in [0.2, 0.25) is 0 Å². The zero-order valence-corrected chi connectivity index (χ0v) is 33.5. The number of nitrogens with one attached hydrogen (secondary N) is 2. The van der Waals surface area contributed by atoms with Crippen molar-refractivity contribution in [3.63, 3.8) is 0 Å². The molecule has 2 saturated heterocycles. The Morgan fingerprint density at radius 2 is 1.43 bits per heavy atom. The van der Waals surface area contributed by atoms with Crippen molar-refractivity contribution in [2.24, 2.45) is 0 Å². The predicted octanol–water partition coefficient (Wildman–Crippen LogP) is 3.32. The van der Waals surface area contributed by atoms with E-state index in [1.165, 1.54) is 32.9 Å². The van der Waals surface area contributed by atoms with Crippen LogP contribution < -0.4 is 25.8 Å². The molecule has 1 aromatic heterocycles. The number of rotatable bonds is 16. The molecular weight excluding hydrogens is 741 g/mol. The van der Waals surface area contributed by atoms with Crippen LogP contribution in [0.25, 0.3) is 0 Å². The average molecular weight is 795 g/mol. The van der Waals surface area contributed by atoms with Crippen molar-refractivity contribution in [2.75, 3.05) is 53.7 Å². The van der Waals surface area contributed by atoms with Crippen LogP contribution in [-0.2, 0) is 38.4 Å². The van der Waals surface area contributed by atoms with Crippen LogP contribution in [0.5, 0.6) is 5.75 Å². The van der Waals surface area contributed by atoms with Crippen molar-refractivity contribution < 1.29 is 47.3 Å². The number of aromatic nitrogens is 2. The van der Waals surface area contributed by atoms with Gasteiger partial charge in [0.15, 0.2) is 18.1 Å². The number of quaternary nitrogens is 1. The van der Waals surface area contributed by atoms with Crippen molar-refractivity contribution in [3.05, 3.63) is 135 Å². The number of hydrogen-bond acceptors (Lipinski definition) is 11. The maximum absolute atomic E-state index is 13.1. The predicted molar refractivity (Wildman–Crippen MR) is 207 cm³/mol. The van der Waals surface area contributed by atoms with Gasteiger partial charge in [-0.1, -0.05) is 72.8 Å². The SMILES string of the molecule is CC[NH+](CC)CC.COc1ccc(C(OC[C@H]2O[C@@H](n3ccc(=O)[nH]c3=O)[C@H](OC3(OC)CCOCC3)[C@@H]2O[P+](=O)[O-])(c2ccccc2)c2ccccc2)cc1. The molecule has 0 aliphatic carbocycles. The van der Waals surface area contributed by atoms with Crippen LogP contribution in [0.15, 0.2) is 107 Å². The smallest absolute Gasteiger partial charge is 0.488 e. The first-order valence-electron chi connectivity index (χ1n) is 18.9. The van der Waals surface area contributed by atoms with Gasteiger partial charge in [-0.3, -0.25) is 14.3 Å². The van der Waals surface area contributed by atoms with Crippen molar-refractivity contribution >= 4 is 8.25 Å². The number of methoxy groups -OCH3 is 2. The van der Waals surface area contributed by atoms with Crippen LogP contribution in [0, 0.1) is 0 Å². The van der Waals surface area contributed by atoms with Gasteiger partial charge in [0.25, 0.3) is 5.56 Å². The van der Waals surface area contributed by atoms with Gasteiger partial charge < -0.3 is 38.2 Å². The summed E-state index contributed by atoms with van der Waals surface area (Å²) in [6, 6.07) is 27.8. The quantitative estimate of drug-likeness (QED) is 0.0972. The van der Waals surface area contributed by atoms with Crippen LogP contribution in [0.3, 0.4) is 0 Å². The standard InChI is InChI=1S/C35H37N2O11P.C6H15N/c1-42-27-15-13-26(14-16-27)35(24-9-5-3-6-10-24,25-11-7-4-8-12-25)45-23-28-30(48-49(40)41)31(47-34(43-2)18-21-44-22-19-34)32(46-28)37-20-17-29(38)36-33(37)39;1-4-7(5-2)6-3/h3-17,20,28,30-32H,18-19,21-23H2,1-2H3,(H,36,38,39);4-6H2,1-3H3/p+1/t28-,30-,31-,32-;/m1./s1. The summed E-state index contributed by atoms with van der Waals surface area (Å²) in [5.74, 6) is -0.539. The van der Waals surface area contributed by atoms with E-state index in [9.17, 15) is 19.0 Å². The lowest BCUT2D eigenvalue weighted by Crippen LogP contribution is -3.11. The lowest BCUT2D eigenvalue weighted by molar-refractivity contribution is -0.894. The number of H-pyrrole nitrogens is 1. The molecule has 56 heavy (non-hydrogen) atoms. The normalized spacial score (nSPS) is 20.9. The summed E-state index contributed by atoms with van der Waals surface area (Å²) in [7, 11) is -0.358. The summed E-state index contributed by atoms with van der Waals surface area (Å²) < 4.78 is 55.7. The molecule has 302 valence electrons. The first-order chi connectivity index (χ1) is 27.1. The third kappa shape index (κ3) is 10.1. The second kappa shape index (κ2) is 20.4. The van der Waals surface area contributed by atoms with Crippen LogP contribution in [0.2, 0.25) is 0 Å². The van der Waals surface area contributed by atoms with Gasteiger partial charge in [0, 0.05) is 32.2 Å². The summed E-state index contributed by atoms with van der Waals surface area (Å²) in [4.78, 5) is 41.2. The molecule has 1 unspecified atom stereocenters. The zero-order chi connectivity index (χ0) is 40.1. The minimum absolute atomic E-state index is 0.221. The maximum Gasteiger partial charge on any atom is 0.488 e. The third-order valence-electron chi connectivity index (χ3n) is 10.4. The number of nitrogens with zero attached hydrogens (tertiary/aromatic N) is 1. The summed E-state index contributed by atoms with van der Waals surface area (Å²) in [5.41, 5.74) is -0.271. The summed E-state index contributed by atoms with van der Waals surface area (Å²) >= 11 is 0. The molecule has 3 aromatic carbocycles. The van der Waals surface area contributed by atoms with E-state index in [4.69, 9.17) is 32.9 Å². The van der Waals surface area contributed by atoms with Crippen molar-refractivity contribution in [3.8, 4) is 5.75 Å². The van der Waals surface area contributed by atoms with Gasteiger partial charge in [-0.05, 0) is 54.2 Å². The lowest BCUT2D eigenvalue weighted by Gasteiger charge is -2.39. The van der Waals surface area contributed by atoms with E-state index in [0.717, 1.165) is 27.3 Å². The molecule has 2 aliphatic rings. The Bertz CT molecular complexity index is 1870. The monoisotopic (exact) mass is 794 g/mol. The van der Waals surface area contributed by atoms with Crippen LogP contribution in [0.4, 0.5) is 0 Å².